The van der Waals surface area contributed by atoms with Gasteiger partial charge in [-0.2, -0.15) is 13.2 Å². The normalized spacial score (nSPS) is 16.3. The zero-order valence-electron chi connectivity index (χ0n) is 29.2. The van der Waals surface area contributed by atoms with Gasteiger partial charge in [0.05, 0.1) is 5.92 Å². The number of halogens is 4. The molecule has 1 saturated heterocycles. The number of pyridine rings is 1. The van der Waals surface area contributed by atoms with Gasteiger partial charge in [-0.25, -0.2) is 4.79 Å². The standard InChI is InChI=1S/C36H44BrN7O2.C2HF3O2/c37-29-10-6-9-28(22-29)30(21-24-12-14-27(15-13-24)33(38)39)35(45)43-32(26-7-2-1-3-8-26)36(46)42-23-25-16-19-44(20-17-25)34(40)31-11-4-5-18-41-31;3-2(4,5)1(6)7/h4-6,9-15,18,22,25-26,30,32,40H,1-3,7-8,16-17,19-21,23H2,(H3,38,39)(H,42,46)(H,43,45);(H,6,7)/t30?,32-;/m0./s1. The first-order valence-electron chi connectivity index (χ1n) is 17.5. The number of piperidine rings is 1. The highest BCUT2D eigenvalue weighted by Crippen LogP contribution is 2.29. The molecule has 15 heteroatoms. The maximum absolute atomic E-state index is 14.1. The second-order valence-corrected chi connectivity index (χ2v) is 14.3. The minimum Gasteiger partial charge on any atom is -0.475 e. The summed E-state index contributed by atoms with van der Waals surface area (Å²) < 4.78 is 32.6. The van der Waals surface area contributed by atoms with Crippen LogP contribution in [0.15, 0.2) is 77.4 Å². The minimum absolute atomic E-state index is 0.00341. The quantitative estimate of drug-likeness (QED) is 0.101. The number of carbonyl (C=O) groups excluding carboxylic acids is 2. The van der Waals surface area contributed by atoms with Crippen LogP contribution in [-0.2, 0) is 20.8 Å². The lowest BCUT2D eigenvalue weighted by Crippen LogP contribution is -2.53. The highest BCUT2D eigenvalue weighted by molar-refractivity contribution is 9.10. The Morgan fingerprint density at radius 2 is 1.60 bits per heavy atom. The molecule has 1 aromatic heterocycles. The lowest BCUT2D eigenvalue weighted by atomic mass is 9.82. The van der Waals surface area contributed by atoms with Crippen LogP contribution in [0, 0.1) is 22.7 Å². The van der Waals surface area contributed by atoms with Gasteiger partial charge < -0.3 is 26.4 Å². The number of carbonyl (C=O) groups is 3. The van der Waals surface area contributed by atoms with Crippen LogP contribution in [0.5, 0.6) is 0 Å². The van der Waals surface area contributed by atoms with Gasteiger partial charge >= 0.3 is 12.1 Å². The number of aromatic nitrogens is 1. The number of alkyl halides is 3. The van der Waals surface area contributed by atoms with E-state index in [0.29, 0.717) is 36.0 Å². The average molecular weight is 801 g/mol. The summed E-state index contributed by atoms with van der Waals surface area (Å²) in [7, 11) is 0. The van der Waals surface area contributed by atoms with E-state index in [1.54, 1.807) is 18.3 Å². The van der Waals surface area contributed by atoms with E-state index < -0.39 is 24.1 Å². The number of aliphatic carboxylic acids is 1. The monoisotopic (exact) mass is 799 g/mol. The van der Waals surface area contributed by atoms with Gasteiger partial charge in [-0.15, -0.1) is 0 Å². The number of amides is 2. The number of hydrogen-bond acceptors (Lipinski definition) is 6. The summed E-state index contributed by atoms with van der Waals surface area (Å²) in [4.78, 5) is 43.2. The fraction of sp³-hybridized carbons (Fsp3) is 0.421. The number of rotatable bonds is 11. The number of likely N-dealkylation sites (tertiary alicyclic amines) is 1. The van der Waals surface area contributed by atoms with Crippen molar-refractivity contribution in [2.75, 3.05) is 19.6 Å². The molecule has 0 spiro atoms. The van der Waals surface area contributed by atoms with Crippen molar-refractivity contribution >= 4 is 45.4 Å². The molecule has 53 heavy (non-hydrogen) atoms. The van der Waals surface area contributed by atoms with Crippen molar-refractivity contribution in [1.82, 2.24) is 20.5 Å². The Morgan fingerprint density at radius 1 is 0.943 bits per heavy atom. The predicted octanol–water partition coefficient (Wildman–Crippen LogP) is 6.01. The predicted molar refractivity (Wildman–Crippen MR) is 199 cm³/mol. The summed E-state index contributed by atoms with van der Waals surface area (Å²) in [6.45, 7) is 2.06. The molecular weight excluding hydrogens is 755 g/mol. The molecule has 5 rings (SSSR count). The Bertz CT molecular complexity index is 1710. The van der Waals surface area contributed by atoms with Gasteiger partial charge in [0.1, 0.15) is 23.4 Å². The molecular formula is C38H45BrF3N7O4. The highest BCUT2D eigenvalue weighted by Gasteiger charge is 2.38. The van der Waals surface area contributed by atoms with Gasteiger partial charge in [0.2, 0.25) is 11.8 Å². The summed E-state index contributed by atoms with van der Waals surface area (Å²) in [5.41, 5.74) is 8.78. The number of nitrogens with zero attached hydrogens (tertiary/aromatic N) is 2. The van der Waals surface area contributed by atoms with E-state index in [1.807, 2.05) is 54.6 Å². The summed E-state index contributed by atoms with van der Waals surface area (Å²) in [6.07, 6.45) is 3.94. The molecule has 3 aromatic rings. The molecule has 7 N–H and O–H groups in total. The van der Waals surface area contributed by atoms with E-state index in [0.717, 1.165) is 73.6 Å². The average Bonchev–Trinajstić information content (AvgIpc) is 3.15. The Balaban J connectivity index is 0.000000815. The molecule has 1 saturated carbocycles. The molecule has 1 aliphatic heterocycles. The van der Waals surface area contributed by atoms with Crippen LogP contribution in [-0.4, -0.2) is 76.3 Å². The van der Waals surface area contributed by atoms with Crippen molar-refractivity contribution in [3.63, 3.8) is 0 Å². The van der Waals surface area contributed by atoms with Gasteiger partial charge in [-0.05, 0) is 79.3 Å². The number of carboxylic acids is 1. The summed E-state index contributed by atoms with van der Waals surface area (Å²) >= 11 is 3.56. The van der Waals surface area contributed by atoms with Gasteiger partial charge in [-0.1, -0.05) is 77.7 Å². The molecule has 0 bridgehead atoms. The Hall–Kier alpha value is -4.79. The first kappa shape index (κ1) is 41.0. The van der Waals surface area contributed by atoms with Crippen molar-refractivity contribution in [3.8, 4) is 0 Å². The fourth-order valence-electron chi connectivity index (χ4n) is 6.64. The van der Waals surface area contributed by atoms with E-state index in [-0.39, 0.29) is 23.6 Å². The van der Waals surface area contributed by atoms with Crippen LogP contribution >= 0.6 is 15.9 Å². The van der Waals surface area contributed by atoms with Crippen LogP contribution in [0.1, 0.15) is 73.2 Å². The zero-order chi connectivity index (χ0) is 38.5. The smallest absolute Gasteiger partial charge is 0.475 e. The van der Waals surface area contributed by atoms with Crippen LogP contribution in [0.25, 0.3) is 0 Å². The number of benzene rings is 2. The third-order valence-electron chi connectivity index (χ3n) is 9.62. The maximum atomic E-state index is 14.1. The Labute approximate surface area is 315 Å². The summed E-state index contributed by atoms with van der Waals surface area (Å²) in [6, 6.07) is 20.2. The molecule has 284 valence electrons. The van der Waals surface area contributed by atoms with Crippen molar-refractivity contribution in [1.29, 1.82) is 10.8 Å². The molecule has 11 nitrogen and oxygen atoms in total. The highest BCUT2D eigenvalue weighted by atomic mass is 79.9. The van der Waals surface area contributed by atoms with E-state index >= 15 is 0 Å². The molecule has 2 amide bonds. The number of nitrogens with two attached hydrogens (primary N) is 1. The molecule has 2 heterocycles. The minimum atomic E-state index is -5.08. The van der Waals surface area contributed by atoms with Crippen LogP contribution in [0.4, 0.5) is 13.2 Å². The number of nitrogen functional groups attached to an aromatic ring is 1. The van der Waals surface area contributed by atoms with Crippen molar-refractivity contribution in [2.45, 2.75) is 69.5 Å². The Kier molecular flexibility index (Phi) is 14.9. The maximum Gasteiger partial charge on any atom is 0.490 e. The fourth-order valence-corrected chi connectivity index (χ4v) is 7.06. The molecule has 1 unspecified atom stereocenters. The van der Waals surface area contributed by atoms with Crippen LogP contribution < -0.4 is 16.4 Å². The first-order chi connectivity index (χ1) is 25.2. The lowest BCUT2D eigenvalue weighted by molar-refractivity contribution is -0.192. The van der Waals surface area contributed by atoms with E-state index in [1.165, 1.54) is 0 Å². The second-order valence-electron chi connectivity index (χ2n) is 13.3. The van der Waals surface area contributed by atoms with Gasteiger partial charge in [0.25, 0.3) is 0 Å². The van der Waals surface area contributed by atoms with Crippen LogP contribution in [0.3, 0.4) is 0 Å². The molecule has 2 aliphatic rings. The molecule has 1 aliphatic carbocycles. The van der Waals surface area contributed by atoms with E-state index in [9.17, 15) is 22.8 Å². The largest absolute Gasteiger partial charge is 0.490 e. The SMILES string of the molecule is N=C(N)c1ccc(CC(C(=O)N[C@H](C(=O)NCC2CCN(C(=N)c3ccccn3)CC2)C2CCCCC2)c2cccc(Br)c2)cc1.O=C(O)C(F)(F)F. The number of amidine groups is 2. The number of carboxylic acid groups (broad SMARTS) is 1. The topological polar surface area (TPSA) is 185 Å². The summed E-state index contributed by atoms with van der Waals surface area (Å²) in [5.74, 6) is -2.68. The van der Waals surface area contributed by atoms with Crippen molar-refractivity contribution in [3.05, 3.63) is 99.8 Å². The molecule has 0 radical (unpaired) electrons. The van der Waals surface area contributed by atoms with Crippen molar-refractivity contribution < 1.29 is 32.7 Å². The Morgan fingerprint density at radius 3 is 2.17 bits per heavy atom. The second kappa shape index (κ2) is 19.3. The third-order valence-corrected chi connectivity index (χ3v) is 10.1. The molecule has 2 atom stereocenters. The van der Waals surface area contributed by atoms with E-state index in [4.69, 9.17) is 26.5 Å². The van der Waals surface area contributed by atoms with Gasteiger partial charge in [-0.3, -0.25) is 25.4 Å². The summed E-state index contributed by atoms with van der Waals surface area (Å²) in [5, 5.41) is 29.8. The number of nitrogens with one attached hydrogen (secondary N) is 4. The van der Waals surface area contributed by atoms with E-state index in [2.05, 4.69) is 36.4 Å². The number of hydrogen-bond donors (Lipinski definition) is 6. The van der Waals surface area contributed by atoms with Gasteiger partial charge in [0, 0.05) is 35.9 Å². The first-order valence-corrected chi connectivity index (χ1v) is 18.3. The lowest BCUT2D eigenvalue weighted by Gasteiger charge is -2.34. The third kappa shape index (κ3) is 12.4. The molecule has 2 fully saturated rings. The van der Waals surface area contributed by atoms with Crippen molar-refractivity contribution in [2.24, 2.45) is 17.6 Å². The molecule has 2 aromatic carbocycles. The zero-order valence-corrected chi connectivity index (χ0v) is 30.8. The van der Waals surface area contributed by atoms with Gasteiger partial charge in [0.15, 0.2) is 0 Å². The van der Waals surface area contributed by atoms with Crippen LogP contribution in [0.2, 0.25) is 0 Å².